The summed E-state index contributed by atoms with van der Waals surface area (Å²) >= 11 is 0. The largest absolute Gasteiger partial charge is 0.466 e. The molecule has 236 valence electrons. The molecular formula is C37H43N3O5. The average molecular weight is 610 g/mol. The van der Waals surface area contributed by atoms with Crippen molar-refractivity contribution < 1.29 is 23.9 Å². The smallest absolute Gasteiger partial charge is 0.306 e. The first-order valence-corrected chi connectivity index (χ1v) is 15.8. The number of hydrogen-bond acceptors (Lipinski definition) is 6. The summed E-state index contributed by atoms with van der Waals surface area (Å²) < 4.78 is 11.0. The topological polar surface area (TPSA) is 97.3 Å². The summed E-state index contributed by atoms with van der Waals surface area (Å²) in [5.74, 6) is -0.0749. The summed E-state index contributed by atoms with van der Waals surface area (Å²) in [5.41, 5.74) is 4.92. The number of hydrazone groups is 1. The van der Waals surface area contributed by atoms with Gasteiger partial charge in [-0.15, -0.1) is 5.10 Å². The standard InChI is InChI=1S/C37H43N3O5/c1-25-27(21-22-33(42)45-37(2,3)4)15-10-16-31(25)38-35(43)34(28-11-8-9-12-28)29-19-17-26(18-20-29)23-40-32(41)24-44-36(39-40)30-13-6-5-7-14-30/h5-7,10,13-20,28,34H,8-9,11-12,21-24H2,1-4H3,(H,38,43). The van der Waals surface area contributed by atoms with E-state index in [1.54, 1.807) is 0 Å². The molecule has 1 atom stereocenters. The summed E-state index contributed by atoms with van der Waals surface area (Å²) in [4.78, 5) is 38.8. The average Bonchev–Trinajstić information content (AvgIpc) is 3.54. The van der Waals surface area contributed by atoms with E-state index in [1.807, 2.05) is 100 Å². The second-order valence-corrected chi connectivity index (χ2v) is 12.9. The molecule has 3 aromatic carbocycles. The normalized spacial score (nSPS) is 16.1. The van der Waals surface area contributed by atoms with E-state index in [4.69, 9.17) is 9.47 Å². The number of nitrogens with one attached hydrogen (secondary N) is 1. The van der Waals surface area contributed by atoms with Crippen LogP contribution in [0.1, 0.15) is 86.6 Å². The van der Waals surface area contributed by atoms with Gasteiger partial charge < -0.3 is 14.8 Å². The molecule has 0 saturated heterocycles. The molecule has 1 aliphatic carbocycles. The Hall–Kier alpha value is -4.46. The Kier molecular flexibility index (Phi) is 10.0. The monoisotopic (exact) mass is 609 g/mol. The predicted octanol–water partition coefficient (Wildman–Crippen LogP) is 6.90. The van der Waals surface area contributed by atoms with Gasteiger partial charge in [-0.3, -0.25) is 14.4 Å². The number of esters is 1. The molecule has 0 aromatic heterocycles. The number of benzene rings is 3. The summed E-state index contributed by atoms with van der Waals surface area (Å²) in [5, 5.41) is 9.13. The van der Waals surface area contributed by atoms with Crippen LogP contribution in [-0.4, -0.2) is 40.9 Å². The number of rotatable bonds is 10. The summed E-state index contributed by atoms with van der Waals surface area (Å²) in [7, 11) is 0. The molecule has 1 heterocycles. The molecule has 8 nitrogen and oxygen atoms in total. The number of hydrogen-bond donors (Lipinski definition) is 1. The molecule has 3 aromatic rings. The Balaban J connectivity index is 1.29. The van der Waals surface area contributed by atoms with Crippen LogP contribution in [0.15, 0.2) is 77.9 Å². The van der Waals surface area contributed by atoms with Gasteiger partial charge in [0.2, 0.25) is 11.8 Å². The number of ether oxygens (including phenoxy) is 2. The van der Waals surface area contributed by atoms with Gasteiger partial charge in [0.05, 0.1) is 12.5 Å². The van der Waals surface area contributed by atoms with Crippen molar-refractivity contribution >= 4 is 29.4 Å². The number of aryl methyl sites for hydroxylation is 1. The minimum Gasteiger partial charge on any atom is -0.466 e. The first-order valence-electron chi connectivity index (χ1n) is 15.8. The molecule has 2 aliphatic rings. The zero-order chi connectivity index (χ0) is 32.0. The van der Waals surface area contributed by atoms with Crippen LogP contribution in [-0.2, 0) is 36.8 Å². The second kappa shape index (κ2) is 14.1. The van der Waals surface area contributed by atoms with Crippen LogP contribution in [0.2, 0.25) is 0 Å². The third kappa shape index (κ3) is 8.38. The molecule has 2 amide bonds. The van der Waals surface area contributed by atoms with Gasteiger partial charge in [-0.05, 0) is 93.3 Å². The van der Waals surface area contributed by atoms with Crippen LogP contribution in [0.4, 0.5) is 5.69 Å². The number of amides is 2. The van der Waals surface area contributed by atoms with Crippen LogP contribution in [0.3, 0.4) is 0 Å². The van der Waals surface area contributed by atoms with Gasteiger partial charge in [-0.25, -0.2) is 5.01 Å². The van der Waals surface area contributed by atoms with E-state index in [2.05, 4.69) is 10.4 Å². The molecule has 1 unspecified atom stereocenters. The summed E-state index contributed by atoms with van der Waals surface area (Å²) in [6.07, 6.45) is 5.07. The van der Waals surface area contributed by atoms with Gasteiger partial charge in [0.15, 0.2) is 6.61 Å². The SMILES string of the molecule is Cc1c(CCC(=O)OC(C)(C)C)cccc1NC(=O)C(c1ccc(CN2N=C(c3ccccc3)OCC2=O)cc1)C1CCCC1. The number of anilines is 1. The molecule has 8 heteroatoms. The van der Waals surface area contributed by atoms with Crippen LogP contribution < -0.4 is 5.32 Å². The highest BCUT2D eigenvalue weighted by Gasteiger charge is 2.32. The fraction of sp³-hybridized carbons (Fsp3) is 0.405. The quantitative estimate of drug-likeness (QED) is 0.252. The van der Waals surface area contributed by atoms with Gasteiger partial charge in [-0.1, -0.05) is 67.4 Å². The van der Waals surface area contributed by atoms with Crippen molar-refractivity contribution in [1.82, 2.24) is 5.01 Å². The van der Waals surface area contributed by atoms with Crippen molar-refractivity contribution in [1.29, 1.82) is 0 Å². The third-order valence-corrected chi connectivity index (χ3v) is 8.40. The Morgan fingerprint density at radius 1 is 1.00 bits per heavy atom. The van der Waals surface area contributed by atoms with E-state index in [0.29, 0.717) is 18.9 Å². The van der Waals surface area contributed by atoms with E-state index < -0.39 is 5.60 Å². The molecule has 45 heavy (non-hydrogen) atoms. The fourth-order valence-corrected chi connectivity index (χ4v) is 6.11. The first-order chi connectivity index (χ1) is 21.6. The minimum atomic E-state index is -0.519. The maximum atomic E-state index is 13.9. The van der Waals surface area contributed by atoms with E-state index >= 15 is 0 Å². The van der Waals surface area contributed by atoms with Crippen molar-refractivity contribution in [3.05, 3.63) is 101 Å². The van der Waals surface area contributed by atoms with Gasteiger partial charge in [-0.2, -0.15) is 0 Å². The van der Waals surface area contributed by atoms with Gasteiger partial charge in [0, 0.05) is 17.7 Å². The molecular weight excluding hydrogens is 566 g/mol. The summed E-state index contributed by atoms with van der Waals surface area (Å²) in [6, 6.07) is 23.3. The molecule has 1 N–H and O–H groups in total. The Morgan fingerprint density at radius 3 is 2.40 bits per heavy atom. The molecule has 0 radical (unpaired) electrons. The highest BCUT2D eigenvalue weighted by molar-refractivity contribution is 5.98. The second-order valence-electron chi connectivity index (χ2n) is 12.9. The summed E-state index contributed by atoms with van der Waals surface area (Å²) in [6.45, 7) is 7.83. The molecule has 5 rings (SSSR count). The predicted molar refractivity (Wildman–Crippen MR) is 175 cm³/mol. The third-order valence-electron chi connectivity index (χ3n) is 8.40. The lowest BCUT2D eigenvalue weighted by Crippen LogP contribution is -2.36. The Labute approximate surface area is 265 Å². The van der Waals surface area contributed by atoms with Crippen molar-refractivity contribution in [2.24, 2.45) is 11.0 Å². The number of carbonyl (C=O) groups excluding carboxylic acids is 3. The van der Waals surface area contributed by atoms with Crippen LogP contribution in [0, 0.1) is 12.8 Å². The Bertz CT molecular complexity index is 1540. The zero-order valence-electron chi connectivity index (χ0n) is 26.7. The van der Waals surface area contributed by atoms with Gasteiger partial charge >= 0.3 is 5.97 Å². The number of nitrogens with zero attached hydrogens (tertiary/aromatic N) is 2. The first kappa shape index (κ1) is 31.9. The molecule has 1 saturated carbocycles. The number of carbonyl (C=O) groups is 3. The van der Waals surface area contributed by atoms with E-state index in [-0.39, 0.29) is 42.6 Å². The molecule has 1 fully saturated rings. The van der Waals surface area contributed by atoms with Crippen LogP contribution in [0.25, 0.3) is 0 Å². The van der Waals surface area contributed by atoms with E-state index in [1.165, 1.54) is 5.01 Å². The Morgan fingerprint density at radius 2 is 1.71 bits per heavy atom. The lowest BCUT2D eigenvalue weighted by molar-refractivity contribution is -0.154. The van der Waals surface area contributed by atoms with Gasteiger partial charge in [0.25, 0.3) is 5.91 Å². The van der Waals surface area contributed by atoms with Crippen LogP contribution in [0.5, 0.6) is 0 Å². The van der Waals surface area contributed by atoms with Gasteiger partial charge in [0.1, 0.15) is 5.60 Å². The highest BCUT2D eigenvalue weighted by atomic mass is 16.6. The van der Waals surface area contributed by atoms with Crippen molar-refractivity contribution in [3.63, 3.8) is 0 Å². The molecule has 0 bridgehead atoms. The lowest BCUT2D eigenvalue weighted by Gasteiger charge is -2.25. The van der Waals surface area contributed by atoms with E-state index in [9.17, 15) is 14.4 Å². The maximum Gasteiger partial charge on any atom is 0.306 e. The van der Waals surface area contributed by atoms with Crippen molar-refractivity contribution in [3.8, 4) is 0 Å². The molecule has 0 spiro atoms. The lowest BCUT2D eigenvalue weighted by atomic mass is 9.83. The zero-order valence-corrected chi connectivity index (χ0v) is 26.7. The van der Waals surface area contributed by atoms with Crippen LogP contribution >= 0.6 is 0 Å². The van der Waals surface area contributed by atoms with Crippen molar-refractivity contribution in [2.75, 3.05) is 11.9 Å². The minimum absolute atomic E-state index is 0.0255. The van der Waals surface area contributed by atoms with E-state index in [0.717, 1.165) is 59.2 Å². The van der Waals surface area contributed by atoms with Crippen molar-refractivity contribution in [2.45, 2.75) is 84.3 Å². The fourth-order valence-electron chi connectivity index (χ4n) is 6.11. The molecule has 1 aliphatic heterocycles. The highest BCUT2D eigenvalue weighted by Crippen LogP contribution is 2.38. The maximum absolute atomic E-state index is 13.9.